The Morgan fingerprint density at radius 1 is 1.26 bits per heavy atom. The van der Waals surface area contributed by atoms with Gasteiger partial charge in [0, 0.05) is 4.88 Å². The smallest absolute Gasteiger partial charge is 0.338 e. The van der Waals surface area contributed by atoms with E-state index in [1.165, 1.54) is 16.9 Å². The molecule has 0 N–H and O–H groups in total. The summed E-state index contributed by atoms with van der Waals surface area (Å²) >= 11 is 2.92. The number of nitrogens with zero attached hydrogens (tertiary/aromatic N) is 2. The Bertz CT molecular complexity index is 1310. The zero-order valence-corrected chi connectivity index (χ0v) is 19.5. The van der Waals surface area contributed by atoms with E-state index in [0.29, 0.717) is 26.5 Å². The van der Waals surface area contributed by atoms with Crippen LogP contribution in [0.1, 0.15) is 55.7 Å². The third-order valence-electron chi connectivity index (χ3n) is 5.25. The third kappa shape index (κ3) is 4.07. The van der Waals surface area contributed by atoms with Gasteiger partial charge in [0.05, 0.1) is 28.5 Å². The maximum atomic E-state index is 13.4. The summed E-state index contributed by atoms with van der Waals surface area (Å²) in [5, 5.41) is 1.98. The van der Waals surface area contributed by atoms with Crippen molar-refractivity contribution in [2.75, 3.05) is 6.61 Å². The molecule has 0 saturated carbocycles. The molecule has 3 heterocycles. The van der Waals surface area contributed by atoms with Crippen LogP contribution in [0.5, 0.6) is 0 Å². The van der Waals surface area contributed by atoms with E-state index in [2.05, 4.69) is 31.0 Å². The van der Waals surface area contributed by atoms with Crippen LogP contribution in [0.4, 0.5) is 0 Å². The van der Waals surface area contributed by atoms with Gasteiger partial charge >= 0.3 is 5.97 Å². The largest absolute Gasteiger partial charge is 0.463 e. The highest BCUT2D eigenvalue weighted by atomic mass is 32.1. The molecule has 0 saturated heterocycles. The molecule has 0 aliphatic carbocycles. The summed E-state index contributed by atoms with van der Waals surface area (Å²) in [6, 6.07) is 11.5. The van der Waals surface area contributed by atoms with Gasteiger partial charge < -0.3 is 4.74 Å². The van der Waals surface area contributed by atoms with Crippen LogP contribution in [0.25, 0.3) is 6.08 Å². The second kappa shape index (κ2) is 8.77. The van der Waals surface area contributed by atoms with Gasteiger partial charge in [0.15, 0.2) is 4.80 Å². The summed E-state index contributed by atoms with van der Waals surface area (Å²) in [6.45, 7) is 8.11. The van der Waals surface area contributed by atoms with Crippen LogP contribution in [0.2, 0.25) is 0 Å². The number of ether oxygens (including phenoxy) is 1. The monoisotopic (exact) mass is 452 g/mol. The number of rotatable bonds is 5. The molecule has 2 aromatic heterocycles. The molecule has 7 heteroatoms. The Balaban J connectivity index is 1.94. The number of aromatic nitrogens is 1. The molecule has 1 aliphatic rings. The van der Waals surface area contributed by atoms with Crippen molar-refractivity contribution in [3.8, 4) is 0 Å². The van der Waals surface area contributed by atoms with Crippen molar-refractivity contribution < 1.29 is 9.53 Å². The van der Waals surface area contributed by atoms with E-state index in [0.717, 1.165) is 10.4 Å². The summed E-state index contributed by atoms with van der Waals surface area (Å²) in [5.74, 6) is -0.0436. The zero-order chi connectivity index (χ0) is 22.1. The van der Waals surface area contributed by atoms with Gasteiger partial charge in [-0.25, -0.2) is 9.79 Å². The second-order valence-corrected chi connectivity index (χ2v) is 9.63. The average Bonchev–Trinajstić information content (AvgIpc) is 3.35. The molecule has 31 heavy (non-hydrogen) atoms. The lowest BCUT2D eigenvalue weighted by atomic mass is 9.93. The maximum absolute atomic E-state index is 13.4. The molecule has 1 aromatic carbocycles. The lowest BCUT2D eigenvalue weighted by molar-refractivity contribution is -0.139. The van der Waals surface area contributed by atoms with Crippen LogP contribution >= 0.6 is 22.7 Å². The Hall–Kier alpha value is -2.77. The standard InChI is InChI=1S/C24H24N2O3S2/c1-5-29-23(28)20-15(4)25-24-26(21(20)17-10-8-16(9-11-17)14(2)3)22(27)19(31-24)13-18-7-6-12-30-18/h6-14,21H,5H2,1-4H3/b19-13+/t21-/m1/s1. The molecule has 5 nitrogen and oxygen atoms in total. The molecular formula is C24H24N2O3S2. The van der Waals surface area contributed by atoms with Crippen molar-refractivity contribution in [2.24, 2.45) is 4.99 Å². The van der Waals surface area contributed by atoms with Gasteiger partial charge in [0.25, 0.3) is 5.56 Å². The number of hydrogen-bond donors (Lipinski definition) is 0. The molecule has 1 aliphatic heterocycles. The highest BCUT2D eigenvalue weighted by molar-refractivity contribution is 7.11. The first-order valence-corrected chi connectivity index (χ1v) is 11.9. The Labute approximate surface area is 188 Å². The van der Waals surface area contributed by atoms with Gasteiger partial charge in [-0.3, -0.25) is 9.36 Å². The first-order valence-electron chi connectivity index (χ1n) is 10.2. The van der Waals surface area contributed by atoms with Crippen LogP contribution < -0.4 is 14.9 Å². The number of fused-ring (bicyclic) bond motifs is 1. The molecule has 0 bridgehead atoms. The van der Waals surface area contributed by atoms with Gasteiger partial charge in [-0.2, -0.15) is 0 Å². The number of benzene rings is 1. The molecule has 160 valence electrons. The van der Waals surface area contributed by atoms with Gasteiger partial charge in [0.2, 0.25) is 0 Å². The quantitative estimate of drug-likeness (QED) is 0.550. The molecule has 0 unspecified atom stereocenters. The van der Waals surface area contributed by atoms with Crippen molar-refractivity contribution >= 4 is 34.7 Å². The van der Waals surface area contributed by atoms with E-state index in [4.69, 9.17) is 4.74 Å². The van der Waals surface area contributed by atoms with Crippen LogP contribution in [0, 0.1) is 0 Å². The minimum Gasteiger partial charge on any atom is -0.463 e. The van der Waals surface area contributed by atoms with E-state index in [9.17, 15) is 9.59 Å². The molecule has 3 aromatic rings. The Morgan fingerprint density at radius 2 is 2.00 bits per heavy atom. The number of carbonyl (C=O) groups is 1. The number of hydrogen-bond acceptors (Lipinski definition) is 6. The summed E-state index contributed by atoms with van der Waals surface area (Å²) in [4.78, 5) is 32.5. The van der Waals surface area contributed by atoms with E-state index < -0.39 is 12.0 Å². The van der Waals surface area contributed by atoms with Crippen molar-refractivity contribution in [3.05, 3.63) is 88.7 Å². The van der Waals surface area contributed by atoms with Crippen LogP contribution in [0.15, 0.2) is 62.8 Å². The average molecular weight is 453 g/mol. The Kier molecular flexibility index (Phi) is 6.07. The first kappa shape index (κ1) is 21.5. The predicted molar refractivity (Wildman–Crippen MR) is 125 cm³/mol. The molecule has 0 radical (unpaired) electrons. The molecule has 0 fully saturated rings. The number of thiazole rings is 1. The predicted octanol–water partition coefficient (Wildman–Crippen LogP) is 3.98. The van der Waals surface area contributed by atoms with Crippen molar-refractivity contribution in [2.45, 2.75) is 39.7 Å². The number of esters is 1. The molecule has 1 atom stereocenters. The van der Waals surface area contributed by atoms with E-state index in [-0.39, 0.29) is 12.2 Å². The fourth-order valence-corrected chi connectivity index (χ4v) is 5.44. The molecule has 0 spiro atoms. The van der Waals surface area contributed by atoms with E-state index in [1.54, 1.807) is 29.8 Å². The summed E-state index contributed by atoms with van der Waals surface area (Å²) < 4.78 is 7.57. The van der Waals surface area contributed by atoms with Gasteiger partial charge in [-0.1, -0.05) is 55.5 Å². The first-order chi connectivity index (χ1) is 14.9. The Morgan fingerprint density at radius 3 is 2.61 bits per heavy atom. The van der Waals surface area contributed by atoms with Crippen molar-refractivity contribution in [1.29, 1.82) is 0 Å². The van der Waals surface area contributed by atoms with Gasteiger partial charge in [-0.15, -0.1) is 11.3 Å². The highest BCUT2D eigenvalue weighted by Gasteiger charge is 2.33. The second-order valence-electron chi connectivity index (χ2n) is 7.64. The van der Waals surface area contributed by atoms with Gasteiger partial charge in [0.1, 0.15) is 0 Å². The zero-order valence-electron chi connectivity index (χ0n) is 17.9. The minimum atomic E-state index is -0.568. The van der Waals surface area contributed by atoms with Crippen molar-refractivity contribution in [3.63, 3.8) is 0 Å². The van der Waals surface area contributed by atoms with Crippen molar-refractivity contribution in [1.82, 2.24) is 4.57 Å². The van der Waals surface area contributed by atoms with E-state index >= 15 is 0 Å². The summed E-state index contributed by atoms with van der Waals surface area (Å²) in [5.41, 5.74) is 2.91. The third-order valence-corrected chi connectivity index (χ3v) is 7.05. The van der Waals surface area contributed by atoms with Gasteiger partial charge in [-0.05, 0) is 48.4 Å². The maximum Gasteiger partial charge on any atom is 0.338 e. The molecule has 0 amide bonds. The normalized spacial score (nSPS) is 16.4. The number of allylic oxidation sites excluding steroid dienone is 1. The fraction of sp³-hybridized carbons (Fsp3) is 0.292. The summed E-state index contributed by atoms with van der Waals surface area (Å²) in [6.07, 6.45) is 1.89. The van der Waals surface area contributed by atoms with Crippen LogP contribution in [-0.4, -0.2) is 17.1 Å². The number of thiophene rings is 1. The van der Waals surface area contributed by atoms with E-state index in [1.807, 2.05) is 35.7 Å². The number of carbonyl (C=O) groups excluding carboxylic acids is 1. The fourth-order valence-electron chi connectivity index (χ4n) is 3.67. The summed E-state index contributed by atoms with van der Waals surface area (Å²) in [7, 11) is 0. The van der Waals surface area contributed by atoms with Crippen LogP contribution in [-0.2, 0) is 9.53 Å². The molecular weight excluding hydrogens is 428 g/mol. The highest BCUT2D eigenvalue weighted by Crippen LogP contribution is 2.31. The lowest BCUT2D eigenvalue weighted by Gasteiger charge is -2.25. The topological polar surface area (TPSA) is 60.7 Å². The SMILES string of the molecule is CCOC(=O)C1=C(C)N=c2s/c(=C/c3cccs3)c(=O)n2[C@@H]1c1ccc(C(C)C)cc1. The molecule has 4 rings (SSSR count). The van der Waals surface area contributed by atoms with Crippen LogP contribution in [0.3, 0.4) is 0 Å². The lowest BCUT2D eigenvalue weighted by Crippen LogP contribution is -2.39. The minimum absolute atomic E-state index is 0.149.